The van der Waals surface area contributed by atoms with Crippen molar-refractivity contribution < 1.29 is 4.74 Å². The minimum Gasteiger partial charge on any atom is -0.496 e. The maximum absolute atomic E-state index is 9.20. The smallest absolute Gasteiger partial charge is 0.123 e. The maximum atomic E-state index is 9.20. The van der Waals surface area contributed by atoms with E-state index in [-0.39, 0.29) is 5.92 Å². The minimum atomic E-state index is -0.0776. The van der Waals surface area contributed by atoms with Gasteiger partial charge in [-0.15, -0.1) is 0 Å². The molecule has 0 aromatic heterocycles. The van der Waals surface area contributed by atoms with Gasteiger partial charge in [-0.2, -0.15) is 5.26 Å². The van der Waals surface area contributed by atoms with Crippen LogP contribution < -0.4 is 4.74 Å². The number of hydrogen-bond donors (Lipinski definition) is 0. The average molecular weight is 203 g/mol. The van der Waals surface area contributed by atoms with E-state index in [2.05, 4.69) is 19.9 Å². The summed E-state index contributed by atoms with van der Waals surface area (Å²) in [5.74, 6) is 1.08. The molecule has 0 saturated carbocycles. The molecule has 2 nitrogen and oxygen atoms in total. The number of benzene rings is 1. The Labute approximate surface area is 91.5 Å². The van der Waals surface area contributed by atoms with Gasteiger partial charge in [-0.05, 0) is 12.0 Å². The van der Waals surface area contributed by atoms with Gasteiger partial charge in [-0.1, -0.05) is 38.5 Å². The van der Waals surface area contributed by atoms with Crippen molar-refractivity contribution in [3.8, 4) is 11.8 Å². The lowest BCUT2D eigenvalue weighted by molar-refractivity contribution is 0.400. The summed E-state index contributed by atoms with van der Waals surface area (Å²) in [6.45, 7) is 4.20. The third-order valence-corrected chi connectivity index (χ3v) is 2.83. The van der Waals surface area contributed by atoms with Crippen molar-refractivity contribution in [2.75, 3.05) is 7.11 Å². The molecule has 0 amide bonds. The summed E-state index contributed by atoms with van der Waals surface area (Å²) in [5, 5.41) is 9.20. The molecule has 15 heavy (non-hydrogen) atoms. The molecule has 0 fully saturated rings. The molecule has 1 aromatic rings. The van der Waals surface area contributed by atoms with Crippen LogP contribution in [0.2, 0.25) is 0 Å². The lowest BCUT2D eigenvalue weighted by Gasteiger charge is -2.18. The van der Waals surface area contributed by atoms with E-state index in [1.807, 2.05) is 24.3 Å². The van der Waals surface area contributed by atoms with Crippen LogP contribution >= 0.6 is 0 Å². The predicted molar refractivity (Wildman–Crippen MR) is 60.8 cm³/mol. The van der Waals surface area contributed by atoms with Crippen molar-refractivity contribution in [1.82, 2.24) is 0 Å². The zero-order valence-corrected chi connectivity index (χ0v) is 9.53. The third kappa shape index (κ3) is 2.50. The van der Waals surface area contributed by atoms with E-state index in [4.69, 9.17) is 4.74 Å². The van der Waals surface area contributed by atoms with Crippen LogP contribution in [0.15, 0.2) is 24.3 Å². The lowest BCUT2D eigenvalue weighted by Crippen LogP contribution is -2.08. The molecule has 0 N–H and O–H groups in total. The average Bonchev–Trinajstić information content (AvgIpc) is 2.30. The normalized spacial score (nSPS) is 14.0. The monoisotopic (exact) mass is 203 g/mol. The van der Waals surface area contributed by atoms with Crippen LogP contribution in [0.1, 0.15) is 31.7 Å². The number of methoxy groups -OCH3 is 1. The zero-order chi connectivity index (χ0) is 11.3. The molecule has 2 atom stereocenters. The standard InChI is InChI=1S/C13H17NO/c1-4-10(2)12(9-14)11-7-5-6-8-13(11)15-3/h5-8,10,12H,4H2,1-3H3. The number of ether oxygens (including phenoxy) is 1. The Morgan fingerprint density at radius 3 is 2.60 bits per heavy atom. The number of nitrogens with zero attached hydrogens (tertiary/aromatic N) is 1. The molecule has 0 aliphatic carbocycles. The van der Waals surface area contributed by atoms with Crippen molar-refractivity contribution in [2.45, 2.75) is 26.2 Å². The first-order chi connectivity index (χ1) is 7.24. The summed E-state index contributed by atoms with van der Waals surface area (Å²) in [7, 11) is 1.64. The summed E-state index contributed by atoms with van der Waals surface area (Å²) in [4.78, 5) is 0. The van der Waals surface area contributed by atoms with Crippen molar-refractivity contribution >= 4 is 0 Å². The van der Waals surface area contributed by atoms with Crippen LogP contribution in [0.4, 0.5) is 0 Å². The Balaban J connectivity index is 3.07. The first-order valence-electron chi connectivity index (χ1n) is 5.27. The maximum Gasteiger partial charge on any atom is 0.123 e. The van der Waals surface area contributed by atoms with Crippen LogP contribution in [-0.4, -0.2) is 7.11 Å². The van der Waals surface area contributed by atoms with Gasteiger partial charge in [0, 0.05) is 5.56 Å². The molecular formula is C13H17NO. The van der Waals surface area contributed by atoms with Crippen LogP contribution in [0, 0.1) is 17.2 Å². The minimum absolute atomic E-state index is 0.0776. The van der Waals surface area contributed by atoms with Crippen molar-refractivity contribution in [2.24, 2.45) is 5.92 Å². The Morgan fingerprint density at radius 1 is 1.40 bits per heavy atom. The van der Waals surface area contributed by atoms with E-state index in [9.17, 15) is 5.26 Å². The summed E-state index contributed by atoms with van der Waals surface area (Å²) in [6, 6.07) is 10.1. The summed E-state index contributed by atoms with van der Waals surface area (Å²) in [5.41, 5.74) is 0.997. The second-order valence-corrected chi connectivity index (χ2v) is 3.73. The fourth-order valence-electron chi connectivity index (χ4n) is 1.66. The predicted octanol–water partition coefficient (Wildman–Crippen LogP) is 3.35. The fraction of sp³-hybridized carbons (Fsp3) is 0.462. The number of rotatable bonds is 4. The lowest BCUT2D eigenvalue weighted by atomic mass is 9.86. The van der Waals surface area contributed by atoms with Gasteiger partial charge >= 0.3 is 0 Å². The van der Waals surface area contributed by atoms with E-state index in [1.165, 1.54) is 0 Å². The highest BCUT2D eigenvalue weighted by atomic mass is 16.5. The van der Waals surface area contributed by atoms with Gasteiger partial charge in [0.1, 0.15) is 5.75 Å². The molecule has 2 heteroatoms. The van der Waals surface area contributed by atoms with Crippen molar-refractivity contribution in [3.05, 3.63) is 29.8 Å². The van der Waals surface area contributed by atoms with Gasteiger partial charge in [-0.3, -0.25) is 0 Å². The van der Waals surface area contributed by atoms with Gasteiger partial charge in [0.2, 0.25) is 0 Å². The Kier molecular flexibility index (Phi) is 4.17. The molecule has 1 rings (SSSR count). The molecule has 0 spiro atoms. The Hall–Kier alpha value is -1.49. The Bertz CT molecular complexity index is 354. The molecule has 2 unspecified atom stereocenters. The molecule has 0 aliphatic heterocycles. The van der Waals surface area contributed by atoms with E-state index >= 15 is 0 Å². The quantitative estimate of drug-likeness (QED) is 0.751. The van der Waals surface area contributed by atoms with Gasteiger partial charge in [0.25, 0.3) is 0 Å². The number of hydrogen-bond acceptors (Lipinski definition) is 2. The molecule has 0 bridgehead atoms. The fourth-order valence-corrected chi connectivity index (χ4v) is 1.66. The third-order valence-electron chi connectivity index (χ3n) is 2.83. The molecule has 1 aromatic carbocycles. The zero-order valence-electron chi connectivity index (χ0n) is 9.53. The Morgan fingerprint density at radius 2 is 2.07 bits per heavy atom. The van der Waals surface area contributed by atoms with E-state index in [0.29, 0.717) is 5.92 Å². The summed E-state index contributed by atoms with van der Waals surface area (Å²) >= 11 is 0. The molecule has 0 radical (unpaired) electrons. The largest absolute Gasteiger partial charge is 0.496 e. The molecule has 80 valence electrons. The van der Waals surface area contributed by atoms with Crippen molar-refractivity contribution in [3.63, 3.8) is 0 Å². The van der Waals surface area contributed by atoms with Crippen LogP contribution in [0.5, 0.6) is 5.75 Å². The van der Waals surface area contributed by atoms with Crippen molar-refractivity contribution in [1.29, 1.82) is 5.26 Å². The summed E-state index contributed by atoms with van der Waals surface area (Å²) < 4.78 is 5.27. The van der Waals surface area contributed by atoms with Gasteiger partial charge in [0.05, 0.1) is 19.1 Å². The van der Waals surface area contributed by atoms with E-state index in [1.54, 1.807) is 7.11 Å². The molecular weight excluding hydrogens is 186 g/mol. The van der Waals surface area contributed by atoms with Gasteiger partial charge < -0.3 is 4.74 Å². The second kappa shape index (κ2) is 5.41. The highest BCUT2D eigenvalue weighted by Gasteiger charge is 2.20. The topological polar surface area (TPSA) is 33.0 Å². The number of para-hydroxylation sites is 1. The molecule has 0 saturated heterocycles. The van der Waals surface area contributed by atoms with Gasteiger partial charge in [-0.25, -0.2) is 0 Å². The number of nitriles is 1. The van der Waals surface area contributed by atoms with Crippen LogP contribution in [-0.2, 0) is 0 Å². The van der Waals surface area contributed by atoms with E-state index < -0.39 is 0 Å². The second-order valence-electron chi connectivity index (χ2n) is 3.73. The van der Waals surface area contributed by atoms with Crippen LogP contribution in [0.25, 0.3) is 0 Å². The first kappa shape index (κ1) is 11.6. The first-order valence-corrected chi connectivity index (χ1v) is 5.27. The SMILES string of the molecule is CCC(C)C(C#N)c1ccccc1OC. The highest BCUT2D eigenvalue weighted by Crippen LogP contribution is 2.32. The van der Waals surface area contributed by atoms with E-state index in [0.717, 1.165) is 17.7 Å². The molecule has 0 heterocycles. The summed E-state index contributed by atoms with van der Waals surface area (Å²) in [6.07, 6.45) is 0.996. The van der Waals surface area contributed by atoms with Gasteiger partial charge in [0.15, 0.2) is 0 Å². The van der Waals surface area contributed by atoms with Crippen LogP contribution in [0.3, 0.4) is 0 Å². The highest BCUT2D eigenvalue weighted by molar-refractivity contribution is 5.39. The molecule has 0 aliphatic rings.